The lowest BCUT2D eigenvalue weighted by molar-refractivity contribution is -0.116. The van der Waals surface area contributed by atoms with Crippen molar-refractivity contribution in [1.29, 1.82) is 0 Å². The maximum Gasteiger partial charge on any atom is 0.226 e. The average Bonchev–Trinajstić information content (AvgIpc) is 3.12. The van der Waals surface area contributed by atoms with Crippen LogP contribution in [-0.4, -0.2) is 22.7 Å². The molecule has 140 valence electrons. The van der Waals surface area contributed by atoms with Crippen LogP contribution in [0.1, 0.15) is 31.2 Å². The minimum absolute atomic E-state index is 0.0689. The number of aryl methyl sites for hydroxylation is 2. The van der Waals surface area contributed by atoms with Gasteiger partial charge < -0.3 is 14.6 Å². The van der Waals surface area contributed by atoms with Crippen LogP contribution in [0.25, 0.3) is 11.4 Å². The zero-order valence-electron chi connectivity index (χ0n) is 15.6. The maximum absolute atomic E-state index is 12.2. The van der Waals surface area contributed by atoms with Gasteiger partial charge in [0.1, 0.15) is 5.75 Å². The minimum atomic E-state index is -0.0689. The number of para-hydroxylation sites is 2. The largest absolute Gasteiger partial charge is 0.492 e. The first kappa shape index (κ1) is 18.6. The van der Waals surface area contributed by atoms with E-state index in [-0.39, 0.29) is 5.91 Å². The van der Waals surface area contributed by atoms with Crippen molar-refractivity contribution in [2.24, 2.45) is 0 Å². The number of nitrogens with one attached hydrogen (secondary N) is 1. The third kappa shape index (κ3) is 5.17. The quantitative estimate of drug-likeness (QED) is 0.640. The predicted molar refractivity (Wildman–Crippen MR) is 104 cm³/mol. The number of hydrogen-bond acceptors (Lipinski definition) is 5. The highest BCUT2D eigenvalue weighted by Crippen LogP contribution is 2.24. The molecule has 0 unspecified atom stereocenters. The number of hydrogen-bond donors (Lipinski definition) is 1. The summed E-state index contributed by atoms with van der Waals surface area (Å²) >= 11 is 0. The first-order valence-electron chi connectivity index (χ1n) is 9.07. The maximum atomic E-state index is 12.2. The van der Waals surface area contributed by atoms with E-state index < -0.39 is 0 Å². The molecule has 0 aliphatic carbocycles. The number of benzene rings is 2. The van der Waals surface area contributed by atoms with Crippen LogP contribution in [0.3, 0.4) is 0 Å². The molecular weight excluding hydrogens is 342 g/mol. The Balaban J connectivity index is 1.51. The Morgan fingerprint density at radius 3 is 2.85 bits per heavy atom. The highest BCUT2D eigenvalue weighted by molar-refractivity contribution is 5.92. The first-order chi connectivity index (χ1) is 13.2. The van der Waals surface area contributed by atoms with Gasteiger partial charge in [0.15, 0.2) is 0 Å². The Morgan fingerprint density at radius 2 is 2.04 bits per heavy atom. The molecule has 2 aromatic carbocycles. The molecule has 0 saturated carbocycles. The van der Waals surface area contributed by atoms with Crippen molar-refractivity contribution in [3.05, 3.63) is 60.0 Å². The van der Waals surface area contributed by atoms with E-state index in [1.54, 1.807) is 0 Å². The van der Waals surface area contributed by atoms with Crippen molar-refractivity contribution in [2.45, 2.75) is 33.1 Å². The summed E-state index contributed by atoms with van der Waals surface area (Å²) in [7, 11) is 0. The number of nitrogens with zero attached hydrogens (tertiary/aromatic N) is 2. The fourth-order valence-electron chi connectivity index (χ4n) is 2.72. The Morgan fingerprint density at radius 1 is 1.19 bits per heavy atom. The van der Waals surface area contributed by atoms with Crippen LogP contribution in [0.4, 0.5) is 5.69 Å². The molecule has 0 aliphatic heterocycles. The molecule has 0 aliphatic rings. The number of anilines is 1. The fraction of sp³-hybridized carbons (Fsp3) is 0.286. The standard InChI is InChI=1S/C21H23N3O3/c1-3-26-18-11-5-4-10-17(18)22-19(25)12-7-13-20-23-21(24-27-20)16-9-6-8-15(2)14-16/h4-6,8-11,14H,3,7,12-13H2,1-2H3,(H,22,25). The molecule has 3 rings (SSSR count). The van der Waals surface area contributed by atoms with Gasteiger partial charge in [-0.3, -0.25) is 4.79 Å². The van der Waals surface area contributed by atoms with Gasteiger partial charge in [0.25, 0.3) is 0 Å². The lowest BCUT2D eigenvalue weighted by atomic mass is 10.1. The van der Waals surface area contributed by atoms with E-state index >= 15 is 0 Å². The summed E-state index contributed by atoms with van der Waals surface area (Å²) in [6.07, 6.45) is 1.54. The summed E-state index contributed by atoms with van der Waals surface area (Å²) in [4.78, 5) is 16.6. The molecule has 1 aromatic heterocycles. The van der Waals surface area contributed by atoms with Crippen molar-refractivity contribution >= 4 is 11.6 Å². The Kier molecular flexibility index (Phi) is 6.20. The van der Waals surface area contributed by atoms with Crippen molar-refractivity contribution in [1.82, 2.24) is 10.1 Å². The number of carbonyl (C=O) groups is 1. The van der Waals surface area contributed by atoms with Crippen molar-refractivity contribution in [3.8, 4) is 17.1 Å². The molecule has 0 spiro atoms. The lowest BCUT2D eigenvalue weighted by Gasteiger charge is -2.10. The van der Waals surface area contributed by atoms with Gasteiger partial charge in [0, 0.05) is 18.4 Å². The fourth-order valence-corrected chi connectivity index (χ4v) is 2.72. The number of aromatic nitrogens is 2. The molecule has 0 saturated heterocycles. The van der Waals surface area contributed by atoms with Crippen molar-refractivity contribution in [2.75, 3.05) is 11.9 Å². The molecule has 27 heavy (non-hydrogen) atoms. The van der Waals surface area contributed by atoms with Crippen LogP contribution in [-0.2, 0) is 11.2 Å². The van der Waals surface area contributed by atoms with Gasteiger partial charge in [-0.25, -0.2) is 0 Å². The van der Waals surface area contributed by atoms with E-state index in [0.717, 1.165) is 11.1 Å². The Bertz CT molecular complexity index is 905. The normalized spacial score (nSPS) is 10.6. The van der Waals surface area contributed by atoms with Crippen molar-refractivity contribution < 1.29 is 14.1 Å². The summed E-state index contributed by atoms with van der Waals surface area (Å²) in [6.45, 7) is 4.48. The van der Waals surface area contributed by atoms with Gasteiger partial charge in [-0.1, -0.05) is 41.1 Å². The molecule has 3 aromatic rings. The van der Waals surface area contributed by atoms with Gasteiger partial charge in [-0.05, 0) is 38.5 Å². The molecule has 0 fully saturated rings. The summed E-state index contributed by atoms with van der Waals surface area (Å²) in [6, 6.07) is 15.4. The van der Waals surface area contributed by atoms with E-state index in [4.69, 9.17) is 9.26 Å². The van der Waals surface area contributed by atoms with Crippen LogP contribution in [0, 0.1) is 6.92 Å². The van der Waals surface area contributed by atoms with Gasteiger partial charge >= 0.3 is 0 Å². The van der Waals surface area contributed by atoms with Crippen LogP contribution < -0.4 is 10.1 Å². The smallest absolute Gasteiger partial charge is 0.226 e. The number of rotatable bonds is 8. The number of carbonyl (C=O) groups excluding carboxylic acids is 1. The summed E-state index contributed by atoms with van der Waals surface area (Å²) in [5.41, 5.74) is 2.75. The van der Waals surface area contributed by atoms with Gasteiger partial charge in [-0.2, -0.15) is 4.98 Å². The zero-order chi connectivity index (χ0) is 19.1. The molecular formula is C21H23N3O3. The summed E-state index contributed by atoms with van der Waals surface area (Å²) in [5.74, 6) is 1.71. The molecule has 0 atom stereocenters. The van der Waals surface area contributed by atoms with E-state index in [0.29, 0.717) is 49.0 Å². The van der Waals surface area contributed by atoms with Crippen molar-refractivity contribution in [3.63, 3.8) is 0 Å². The Hall–Kier alpha value is -3.15. The summed E-state index contributed by atoms with van der Waals surface area (Å²) < 4.78 is 10.8. The second-order valence-electron chi connectivity index (χ2n) is 6.21. The molecule has 0 bridgehead atoms. The molecule has 1 heterocycles. The SMILES string of the molecule is CCOc1ccccc1NC(=O)CCCc1nc(-c2cccc(C)c2)no1. The topological polar surface area (TPSA) is 77.2 Å². The summed E-state index contributed by atoms with van der Waals surface area (Å²) in [5, 5.41) is 6.91. The predicted octanol–water partition coefficient (Wildman–Crippen LogP) is 4.41. The zero-order valence-corrected chi connectivity index (χ0v) is 15.6. The highest BCUT2D eigenvalue weighted by Gasteiger charge is 2.11. The third-order valence-electron chi connectivity index (χ3n) is 4.00. The van der Waals surface area contributed by atoms with Crippen LogP contribution in [0.2, 0.25) is 0 Å². The second kappa shape index (κ2) is 8.98. The lowest BCUT2D eigenvalue weighted by Crippen LogP contribution is -2.12. The molecule has 0 radical (unpaired) electrons. The van der Waals surface area contributed by atoms with Crippen LogP contribution in [0.5, 0.6) is 5.75 Å². The Labute approximate surface area is 158 Å². The highest BCUT2D eigenvalue weighted by atomic mass is 16.5. The number of amides is 1. The van der Waals surface area contributed by atoms with Gasteiger partial charge in [0.2, 0.25) is 17.6 Å². The monoisotopic (exact) mass is 365 g/mol. The molecule has 1 N–H and O–H groups in total. The molecule has 6 heteroatoms. The van der Waals surface area contributed by atoms with Gasteiger partial charge in [-0.15, -0.1) is 0 Å². The number of ether oxygens (including phenoxy) is 1. The van der Waals surface area contributed by atoms with Gasteiger partial charge in [0.05, 0.1) is 12.3 Å². The minimum Gasteiger partial charge on any atom is -0.492 e. The van der Waals surface area contributed by atoms with Crippen LogP contribution in [0.15, 0.2) is 53.1 Å². The van der Waals surface area contributed by atoms with Crippen LogP contribution >= 0.6 is 0 Å². The van der Waals surface area contributed by atoms with E-state index in [1.807, 2.05) is 62.4 Å². The van der Waals surface area contributed by atoms with E-state index in [1.165, 1.54) is 0 Å². The third-order valence-corrected chi connectivity index (χ3v) is 4.00. The first-order valence-corrected chi connectivity index (χ1v) is 9.07. The molecule has 1 amide bonds. The van der Waals surface area contributed by atoms with E-state index in [2.05, 4.69) is 15.5 Å². The molecule has 6 nitrogen and oxygen atoms in total. The average molecular weight is 365 g/mol. The van der Waals surface area contributed by atoms with E-state index in [9.17, 15) is 4.79 Å². The second-order valence-corrected chi connectivity index (χ2v) is 6.21.